The van der Waals surface area contributed by atoms with E-state index >= 15 is 0 Å². The van der Waals surface area contributed by atoms with Gasteiger partial charge in [0.2, 0.25) is 10.0 Å². The Hall–Kier alpha value is -2.38. The van der Waals surface area contributed by atoms with Gasteiger partial charge in [0.05, 0.1) is 18.0 Å². The van der Waals surface area contributed by atoms with Crippen LogP contribution in [-0.2, 0) is 10.0 Å². The maximum Gasteiger partial charge on any atom is 0.254 e. The lowest BCUT2D eigenvalue weighted by Gasteiger charge is -2.25. The molecule has 1 aliphatic heterocycles. The topological polar surface area (TPSA) is 75.7 Å². The second-order valence-electron chi connectivity index (χ2n) is 6.17. The minimum atomic E-state index is -3.59. The Morgan fingerprint density at radius 3 is 2.58 bits per heavy atom. The number of hydrogen-bond acceptors (Lipinski definition) is 4. The van der Waals surface area contributed by atoms with E-state index in [1.54, 1.807) is 19.2 Å². The highest BCUT2D eigenvalue weighted by Gasteiger charge is 2.31. The fourth-order valence-electron chi connectivity index (χ4n) is 3.26. The molecular formula is C19H22N2O4S. The van der Waals surface area contributed by atoms with Crippen LogP contribution in [0.3, 0.4) is 0 Å². The highest BCUT2D eigenvalue weighted by atomic mass is 32.2. The van der Waals surface area contributed by atoms with E-state index in [1.807, 2.05) is 29.2 Å². The Morgan fingerprint density at radius 1 is 1.19 bits per heavy atom. The van der Waals surface area contributed by atoms with Crippen LogP contribution in [-0.4, -0.2) is 39.9 Å². The lowest BCUT2D eigenvalue weighted by molar-refractivity contribution is 0.0735. The number of benzene rings is 2. The van der Waals surface area contributed by atoms with Gasteiger partial charge in [0.25, 0.3) is 5.91 Å². The summed E-state index contributed by atoms with van der Waals surface area (Å²) in [4.78, 5) is 14.9. The van der Waals surface area contributed by atoms with Gasteiger partial charge in [0, 0.05) is 12.1 Å². The predicted molar refractivity (Wildman–Crippen MR) is 98.7 cm³/mol. The van der Waals surface area contributed by atoms with Crippen molar-refractivity contribution in [3.8, 4) is 5.75 Å². The first kappa shape index (κ1) is 18.4. The van der Waals surface area contributed by atoms with Crippen LogP contribution >= 0.6 is 0 Å². The molecule has 6 nitrogen and oxygen atoms in total. The van der Waals surface area contributed by atoms with Gasteiger partial charge in [0.1, 0.15) is 5.75 Å². The molecule has 2 aromatic carbocycles. The van der Waals surface area contributed by atoms with E-state index in [-0.39, 0.29) is 16.8 Å². The number of methoxy groups -OCH3 is 1. The number of hydrogen-bond donors (Lipinski definition) is 1. The predicted octanol–water partition coefficient (Wildman–Crippen LogP) is 2.58. The van der Waals surface area contributed by atoms with E-state index in [9.17, 15) is 13.2 Å². The summed E-state index contributed by atoms with van der Waals surface area (Å²) in [5.74, 6) is 0.617. The zero-order valence-corrected chi connectivity index (χ0v) is 15.6. The van der Waals surface area contributed by atoms with Crippen LogP contribution in [0.1, 0.15) is 34.8 Å². The minimum absolute atomic E-state index is 0.0158. The van der Waals surface area contributed by atoms with Gasteiger partial charge in [0.15, 0.2) is 0 Å². The molecule has 0 unspecified atom stereocenters. The number of rotatable bonds is 5. The molecule has 1 aliphatic rings. The summed E-state index contributed by atoms with van der Waals surface area (Å²) >= 11 is 0. The number of carbonyl (C=O) groups is 1. The monoisotopic (exact) mass is 374 g/mol. The largest absolute Gasteiger partial charge is 0.497 e. The standard InChI is InChI=1S/C19H22N2O4S/c1-20-26(23,24)17-6-3-5-15(13-17)19(22)21-12-4-7-18(21)14-8-10-16(25-2)11-9-14/h3,5-6,8-11,13,18,20H,4,7,12H2,1-2H3/t18-/m0/s1. The Morgan fingerprint density at radius 2 is 1.92 bits per heavy atom. The molecule has 138 valence electrons. The fourth-order valence-corrected chi connectivity index (χ4v) is 4.04. The molecule has 1 saturated heterocycles. The van der Waals surface area contributed by atoms with Gasteiger partial charge in [-0.3, -0.25) is 4.79 Å². The third kappa shape index (κ3) is 3.59. The normalized spacial score (nSPS) is 17.3. The molecule has 7 heteroatoms. The molecule has 0 aromatic heterocycles. The molecule has 1 heterocycles. The maximum absolute atomic E-state index is 13.0. The van der Waals surface area contributed by atoms with Crippen LogP contribution < -0.4 is 9.46 Å². The molecule has 1 N–H and O–H groups in total. The van der Waals surface area contributed by atoms with Gasteiger partial charge >= 0.3 is 0 Å². The second kappa shape index (κ2) is 7.47. The number of sulfonamides is 1. The summed E-state index contributed by atoms with van der Waals surface area (Å²) in [6.45, 7) is 0.651. The zero-order chi connectivity index (χ0) is 18.7. The number of ether oxygens (including phenoxy) is 1. The lowest BCUT2D eigenvalue weighted by atomic mass is 10.0. The molecule has 0 radical (unpaired) electrons. The highest BCUT2D eigenvalue weighted by molar-refractivity contribution is 7.89. The number of nitrogens with one attached hydrogen (secondary N) is 1. The summed E-state index contributed by atoms with van der Waals surface area (Å²) in [6.07, 6.45) is 1.80. The van der Waals surface area contributed by atoms with Crippen LogP contribution in [0, 0.1) is 0 Å². The fraction of sp³-hybridized carbons (Fsp3) is 0.316. The van der Waals surface area contributed by atoms with E-state index in [1.165, 1.54) is 19.2 Å². The lowest BCUT2D eigenvalue weighted by Crippen LogP contribution is -2.30. The highest BCUT2D eigenvalue weighted by Crippen LogP contribution is 2.34. The third-order valence-electron chi connectivity index (χ3n) is 4.67. The minimum Gasteiger partial charge on any atom is -0.497 e. The molecule has 1 atom stereocenters. The van der Waals surface area contributed by atoms with Gasteiger partial charge in [-0.1, -0.05) is 18.2 Å². The molecule has 1 amide bonds. The Labute approximate surface area is 153 Å². The first-order valence-corrected chi connectivity index (χ1v) is 9.93. The summed E-state index contributed by atoms with van der Waals surface area (Å²) in [7, 11) is -0.617. The van der Waals surface area contributed by atoms with Gasteiger partial charge in [-0.2, -0.15) is 0 Å². The summed E-state index contributed by atoms with van der Waals surface area (Å²) < 4.78 is 31.5. The zero-order valence-electron chi connectivity index (χ0n) is 14.8. The Kier molecular flexibility index (Phi) is 5.29. The van der Waals surface area contributed by atoms with E-state index in [0.717, 1.165) is 24.2 Å². The van der Waals surface area contributed by atoms with Crippen LogP contribution in [0.4, 0.5) is 0 Å². The van der Waals surface area contributed by atoms with Gasteiger partial charge < -0.3 is 9.64 Å². The number of carbonyl (C=O) groups excluding carboxylic acids is 1. The maximum atomic E-state index is 13.0. The first-order chi connectivity index (χ1) is 12.5. The van der Waals surface area contributed by atoms with Crippen LogP contribution in [0.2, 0.25) is 0 Å². The van der Waals surface area contributed by atoms with Crippen LogP contribution in [0.5, 0.6) is 5.75 Å². The van der Waals surface area contributed by atoms with Gasteiger partial charge in [-0.25, -0.2) is 13.1 Å². The van der Waals surface area contributed by atoms with Crippen molar-refractivity contribution in [2.45, 2.75) is 23.8 Å². The number of amides is 1. The Bertz CT molecular complexity index is 894. The van der Waals surface area contributed by atoms with Crippen molar-refractivity contribution in [2.75, 3.05) is 20.7 Å². The first-order valence-electron chi connectivity index (χ1n) is 8.45. The molecule has 26 heavy (non-hydrogen) atoms. The molecule has 0 bridgehead atoms. The molecule has 3 rings (SSSR count). The van der Waals surface area contributed by atoms with E-state index in [4.69, 9.17) is 4.74 Å². The van der Waals surface area contributed by atoms with Crippen molar-refractivity contribution < 1.29 is 17.9 Å². The van der Waals surface area contributed by atoms with E-state index in [2.05, 4.69) is 4.72 Å². The van der Waals surface area contributed by atoms with E-state index < -0.39 is 10.0 Å². The third-order valence-corrected chi connectivity index (χ3v) is 6.09. The van der Waals surface area contributed by atoms with Gasteiger partial charge in [-0.05, 0) is 55.8 Å². The van der Waals surface area contributed by atoms with Crippen molar-refractivity contribution >= 4 is 15.9 Å². The Balaban J connectivity index is 1.87. The average Bonchev–Trinajstić information content (AvgIpc) is 3.17. The summed E-state index contributed by atoms with van der Waals surface area (Å²) in [5.41, 5.74) is 1.43. The van der Waals surface area contributed by atoms with Crippen molar-refractivity contribution in [1.82, 2.24) is 9.62 Å². The quantitative estimate of drug-likeness (QED) is 0.873. The van der Waals surface area contributed by atoms with E-state index in [0.29, 0.717) is 12.1 Å². The van der Waals surface area contributed by atoms with Crippen molar-refractivity contribution in [3.63, 3.8) is 0 Å². The second-order valence-corrected chi connectivity index (χ2v) is 8.05. The molecule has 2 aromatic rings. The van der Waals surface area contributed by atoms with Crippen LogP contribution in [0.15, 0.2) is 53.4 Å². The molecule has 0 aliphatic carbocycles. The molecule has 1 fully saturated rings. The van der Waals surface area contributed by atoms with Crippen LogP contribution in [0.25, 0.3) is 0 Å². The average molecular weight is 374 g/mol. The van der Waals surface area contributed by atoms with Crippen molar-refractivity contribution in [1.29, 1.82) is 0 Å². The molecule has 0 saturated carbocycles. The number of likely N-dealkylation sites (tertiary alicyclic amines) is 1. The van der Waals surface area contributed by atoms with Gasteiger partial charge in [-0.15, -0.1) is 0 Å². The molecule has 0 spiro atoms. The van der Waals surface area contributed by atoms with Crippen molar-refractivity contribution in [2.24, 2.45) is 0 Å². The smallest absolute Gasteiger partial charge is 0.254 e. The number of nitrogens with zero attached hydrogens (tertiary/aromatic N) is 1. The summed E-state index contributed by atoms with van der Waals surface area (Å²) in [6, 6.07) is 13.8. The van der Waals surface area contributed by atoms with Crippen molar-refractivity contribution in [3.05, 3.63) is 59.7 Å². The SMILES string of the molecule is CNS(=O)(=O)c1cccc(C(=O)N2CCC[C@H]2c2ccc(OC)cc2)c1. The summed E-state index contributed by atoms with van der Waals surface area (Å²) in [5, 5.41) is 0. The molecular weight excluding hydrogens is 352 g/mol.